The summed E-state index contributed by atoms with van der Waals surface area (Å²) in [6, 6.07) is 1.88. The summed E-state index contributed by atoms with van der Waals surface area (Å²) in [4.78, 5) is 25.7. The molecule has 29 heavy (non-hydrogen) atoms. The molecule has 3 aromatic rings. The Morgan fingerprint density at radius 2 is 1.86 bits per heavy atom. The van der Waals surface area contributed by atoms with Crippen LogP contribution in [0.1, 0.15) is 11.5 Å². The summed E-state index contributed by atoms with van der Waals surface area (Å²) in [5.74, 6) is -1.10. The van der Waals surface area contributed by atoms with Crippen molar-refractivity contribution >= 4 is 11.6 Å². The zero-order valence-corrected chi connectivity index (χ0v) is 15.5. The van der Waals surface area contributed by atoms with Crippen molar-refractivity contribution in [1.29, 1.82) is 0 Å². The highest BCUT2D eigenvalue weighted by Crippen LogP contribution is 2.30. The normalized spacial score (nSPS) is 11.7. The molecule has 0 aliphatic rings. The predicted molar refractivity (Wildman–Crippen MR) is 90.4 cm³/mol. The van der Waals surface area contributed by atoms with Crippen LogP contribution in [-0.4, -0.2) is 29.3 Å². The van der Waals surface area contributed by atoms with E-state index in [1.807, 2.05) is 0 Å². The molecule has 14 heteroatoms. The Bertz CT molecular complexity index is 1200. The van der Waals surface area contributed by atoms with Crippen LogP contribution in [0.5, 0.6) is 5.75 Å². The molecule has 2 aromatic heterocycles. The van der Waals surface area contributed by atoms with Gasteiger partial charge in [0.25, 0.3) is 5.56 Å². The Kier molecular flexibility index (Phi) is 5.17. The monoisotopic (exact) mass is 434 g/mol. The van der Waals surface area contributed by atoms with Crippen molar-refractivity contribution in [1.82, 2.24) is 29.3 Å². The Labute approximate surface area is 163 Å². The summed E-state index contributed by atoms with van der Waals surface area (Å²) >= 11 is 5.91. The maximum atomic E-state index is 14.4. The molecular formula is C15H11ClF4N6O3. The first-order valence-corrected chi connectivity index (χ1v) is 8.12. The average molecular weight is 435 g/mol. The number of aryl methyl sites for hydroxylation is 1. The summed E-state index contributed by atoms with van der Waals surface area (Å²) in [7, 11) is 2.33. The van der Waals surface area contributed by atoms with Gasteiger partial charge < -0.3 is 4.74 Å². The maximum absolute atomic E-state index is 14.4. The van der Waals surface area contributed by atoms with Crippen LogP contribution < -0.4 is 16.0 Å². The first-order chi connectivity index (χ1) is 13.5. The summed E-state index contributed by atoms with van der Waals surface area (Å²) in [5.41, 5.74) is -4.87. The zero-order valence-electron chi connectivity index (χ0n) is 14.7. The SMILES string of the molecule is Cn1nnc(COc2cc(-n3c(=O)cc(C(F)(F)F)n(C)c3=O)c(F)cc2Cl)n1. The van der Waals surface area contributed by atoms with E-state index in [1.54, 1.807) is 0 Å². The van der Waals surface area contributed by atoms with Crippen LogP contribution in [-0.2, 0) is 26.9 Å². The van der Waals surface area contributed by atoms with Crippen LogP contribution >= 0.6 is 11.6 Å². The van der Waals surface area contributed by atoms with Gasteiger partial charge in [-0.05, 0) is 11.3 Å². The molecule has 2 heterocycles. The molecule has 0 aliphatic carbocycles. The minimum atomic E-state index is -4.94. The number of hydrogen-bond acceptors (Lipinski definition) is 6. The molecule has 0 N–H and O–H groups in total. The zero-order chi connectivity index (χ0) is 21.5. The first-order valence-electron chi connectivity index (χ1n) is 7.74. The quantitative estimate of drug-likeness (QED) is 0.577. The van der Waals surface area contributed by atoms with Crippen LogP contribution in [0.4, 0.5) is 17.6 Å². The fourth-order valence-electron chi connectivity index (χ4n) is 2.44. The molecule has 0 radical (unpaired) electrons. The van der Waals surface area contributed by atoms with Gasteiger partial charge in [-0.3, -0.25) is 9.36 Å². The molecule has 0 saturated carbocycles. The second-order valence-electron chi connectivity index (χ2n) is 5.76. The number of halogens is 5. The molecule has 3 rings (SSSR count). The lowest BCUT2D eigenvalue weighted by Crippen LogP contribution is -2.41. The van der Waals surface area contributed by atoms with Crippen LogP contribution in [0.3, 0.4) is 0 Å². The van der Waals surface area contributed by atoms with Crippen LogP contribution in [0.2, 0.25) is 5.02 Å². The number of tetrazole rings is 1. The first kappa shape index (κ1) is 20.5. The third kappa shape index (κ3) is 3.99. The van der Waals surface area contributed by atoms with Crippen molar-refractivity contribution in [2.75, 3.05) is 0 Å². The average Bonchev–Trinajstić information content (AvgIpc) is 3.03. The smallest absolute Gasteiger partial charge is 0.431 e. The Morgan fingerprint density at radius 3 is 2.45 bits per heavy atom. The Hall–Kier alpha value is -3.22. The van der Waals surface area contributed by atoms with Crippen molar-refractivity contribution in [3.63, 3.8) is 0 Å². The minimum absolute atomic E-state index is 0.149. The summed E-state index contributed by atoms with van der Waals surface area (Å²) in [6.07, 6.45) is -4.94. The third-order valence-electron chi connectivity index (χ3n) is 3.76. The molecule has 0 saturated heterocycles. The number of hydrogen-bond donors (Lipinski definition) is 0. The molecule has 154 valence electrons. The number of rotatable bonds is 4. The highest BCUT2D eigenvalue weighted by atomic mass is 35.5. The van der Waals surface area contributed by atoms with E-state index in [0.29, 0.717) is 0 Å². The van der Waals surface area contributed by atoms with Crippen molar-refractivity contribution < 1.29 is 22.3 Å². The molecule has 0 atom stereocenters. The molecule has 9 nitrogen and oxygen atoms in total. The number of nitrogens with zero attached hydrogens (tertiary/aromatic N) is 6. The van der Waals surface area contributed by atoms with Gasteiger partial charge in [0.05, 0.1) is 17.8 Å². The van der Waals surface area contributed by atoms with E-state index in [2.05, 4.69) is 15.4 Å². The topological polar surface area (TPSA) is 96.8 Å². The minimum Gasteiger partial charge on any atom is -0.484 e. The van der Waals surface area contributed by atoms with Gasteiger partial charge >= 0.3 is 11.9 Å². The van der Waals surface area contributed by atoms with E-state index < -0.39 is 34.6 Å². The fourth-order valence-corrected chi connectivity index (χ4v) is 2.65. The van der Waals surface area contributed by atoms with Gasteiger partial charge in [0, 0.05) is 19.2 Å². The largest absolute Gasteiger partial charge is 0.484 e. The third-order valence-corrected chi connectivity index (χ3v) is 4.05. The van der Waals surface area contributed by atoms with Crippen molar-refractivity contribution in [2.24, 2.45) is 14.1 Å². The Morgan fingerprint density at radius 1 is 1.17 bits per heavy atom. The van der Waals surface area contributed by atoms with Gasteiger partial charge in [0.2, 0.25) is 5.82 Å². The van der Waals surface area contributed by atoms with Crippen LogP contribution in [0, 0.1) is 5.82 Å². The molecule has 0 spiro atoms. The Balaban J connectivity index is 2.08. The second-order valence-corrected chi connectivity index (χ2v) is 6.17. The van der Waals surface area contributed by atoms with Gasteiger partial charge in [0.15, 0.2) is 6.61 Å². The molecule has 0 fully saturated rings. The van der Waals surface area contributed by atoms with E-state index in [1.165, 1.54) is 11.8 Å². The van der Waals surface area contributed by atoms with Gasteiger partial charge in [-0.2, -0.15) is 18.0 Å². The van der Waals surface area contributed by atoms with Crippen molar-refractivity contribution in [2.45, 2.75) is 12.8 Å². The molecule has 1 aromatic carbocycles. The molecular weight excluding hydrogens is 424 g/mol. The number of alkyl halides is 3. The van der Waals surface area contributed by atoms with Gasteiger partial charge in [0.1, 0.15) is 17.3 Å². The highest BCUT2D eigenvalue weighted by molar-refractivity contribution is 6.32. The van der Waals surface area contributed by atoms with E-state index >= 15 is 0 Å². The number of benzene rings is 1. The standard InChI is InChI=1S/C15H11ClF4N6O3/c1-24-11(15(18,19)20)5-13(27)26(14(24)28)9-4-10(7(16)3-8(9)17)29-6-12-21-23-25(2)22-12/h3-5H,6H2,1-2H3. The summed E-state index contributed by atoms with van der Waals surface area (Å²) in [6.45, 7) is -0.224. The van der Waals surface area contributed by atoms with Crippen molar-refractivity contribution in [3.8, 4) is 11.4 Å². The molecule has 0 aliphatic heterocycles. The lowest BCUT2D eigenvalue weighted by atomic mass is 10.2. The van der Waals surface area contributed by atoms with Gasteiger partial charge in [-0.25, -0.2) is 13.8 Å². The van der Waals surface area contributed by atoms with E-state index in [-0.39, 0.29) is 38.4 Å². The second kappa shape index (κ2) is 7.31. The molecule has 0 unspecified atom stereocenters. The van der Waals surface area contributed by atoms with Gasteiger partial charge in [-0.1, -0.05) is 11.6 Å². The number of aromatic nitrogens is 6. The van der Waals surface area contributed by atoms with Gasteiger partial charge in [-0.15, -0.1) is 10.2 Å². The lowest BCUT2D eigenvalue weighted by Gasteiger charge is -2.15. The fraction of sp³-hybridized carbons (Fsp3) is 0.267. The summed E-state index contributed by atoms with van der Waals surface area (Å²) < 4.78 is 59.1. The lowest BCUT2D eigenvalue weighted by molar-refractivity contribution is -0.144. The van der Waals surface area contributed by atoms with Crippen LogP contribution in [0.25, 0.3) is 5.69 Å². The van der Waals surface area contributed by atoms with E-state index in [9.17, 15) is 27.2 Å². The molecule has 0 bridgehead atoms. The molecule has 0 amide bonds. The summed E-state index contributed by atoms with van der Waals surface area (Å²) in [5, 5.41) is 10.9. The van der Waals surface area contributed by atoms with E-state index in [4.69, 9.17) is 16.3 Å². The van der Waals surface area contributed by atoms with E-state index in [0.717, 1.165) is 19.2 Å². The van der Waals surface area contributed by atoms with Crippen molar-refractivity contribution in [3.05, 3.63) is 61.4 Å². The van der Waals surface area contributed by atoms with Crippen LogP contribution in [0.15, 0.2) is 27.8 Å². The highest BCUT2D eigenvalue weighted by Gasteiger charge is 2.35. The number of ether oxygens (including phenoxy) is 1. The predicted octanol–water partition coefficient (Wildman–Crippen LogP) is 1.45. The maximum Gasteiger partial charge on any atom is 0.431 e.